The van der Waals surface area contributed by atoms with E-state index in [0.717, 1.165) is 83.5 Å². The normalized spacial score (nSPS) is 12.3. The molecule has 3 aromatic heterocycles. The summed E-state index contributed by atoms with van der Waals surface area (Å²) < 4.78 is 0.673. The topological polar surface area (TPSA) is 56.8 Å². The maximum Gasteiger partial charge on any atom is 0.116 e. The highest BCUT2D eigenvalue weighted by atomic mass is 79.9. The third-order valence-electron chi connectivity index (χ3n) is 10.3. The third-order valence-corrected chi connectivity index (χ3v) is 11.2. The molecule has 0 aliphatic carbocycles. The summed E-state index contributed by atoms with van der Waals surface area (Å²) >= 11 is 11.5. The Morgan fingerprint density at radius 2 is 0.759 bits per heavy atom. The van der Waals surface area contributed by atoms with Gasteiger partial charge in [-0.25, -0.2) is 9.98 Å². The van der Waals surface area contributed by atoms with Gasteiger partial charge in [0, 0.05) is 49.9 Å². The van der Waals surface area contributed by atoms with E-state index >= 15 is 0 Å². The molecule has 0 fully saturated rings. The number of benzene rings is 4. The van der Waals surface area contributed by atoms with Gasteiger partial charge in [0.25, 0.3) is 0 Å². The Kier molecular flexibility index (Phi) is 8.57. The molecule has 9 rings (SSSR count). The van der Waals surface area contributed by atoms with Gasteiger partial charge >= 0.3 is 0 Å². The number of fused-ring (bicyclic) bond motifs is 8. The lowest BCUT2D eigenvalue weighted by atomic mass is 9.99. The number of H-pyrrole nitrogens is 2. The molecular weight excluding hydrogens is 748 g/mol. The summed E-state index contributed by atoms with van der Waals surface area (Å²) in [6.45, 7) is 8.42. The van der Waals surface area contributed by atoms with Crippen LogP contribution < -0.4 is 0 Å². The number of hydrogen-bond acceptors (Lipinski definition) is 2. The molecule has 5 heterocycles. The Morgan fingerprint density at radius 3 is 1.17 bits per heavy atom. The third kappa shape index (κ3) is 6.04. The van der Waals surface area contributed by atoms with Crippen molar-refractivity contribution in [3.05, 3.63) is 166 Å². The first kappa shape index (κ1) is 34.0. The Morgan fingerprint density at radius 1 is 0.426 bits per heavy atom. The summed E-state index contributed by atoms with van der Waals surface area (Å²) in [5, 5.41) is 0.568. The molecule has 0 unspecified atom stereocenters. The van der Waals surface area contributed by atoms with Gasteiger partial charge in [-0.1, -0.05) is 131 Å². The lowest BCUT2D eigenvalue weighted by Crippen LogP contribution is -1.92. The molecule has 0 radical (unpaired) electrons. The summed E-state index contributed by atoms with van der Waals surface area (Å²) in [5.74, 6) is 0. The predicted molar refractivity (Wildman–Crippen MR) is 233 cm³/mol. The number of aromatic nitrogens is 3. The highest BCUT2D eigenvalue weighted by Crippen LogP contribution is 2.48. The zero-order chi connectivity index (χ0) is 37.1. The maximum atomic E-state index is 7.63. The summed E-state index contributed by atoms with van der Waals surface area (Å²) in [5.41, 5.74) is 19.8. The molecule has 54 heavy (non-hydrogen) atoms. The van der Waals surface area contributed by atoms with Crippen LogP contribution in [0.15, 0.2) is 126 Å². The largest absolute Gasteiger partial charge is 0.354 e. The fraction of sp³-hybridized carbons (Fsp3) is 0.0833. The number of aliphatic imine (C=N–C) groups is 1. The Labute approximate surface area is 328 Å². The smallest absolute Gasteiger partial charge is 0.116 e. The van der Waals surface area contributed by atoms with Crippen LogP contribution in [0.3, 0.4) is 0 Å². The molecule has 2 aliphatic heterocycles. The molecule has 2 N–H and O–H groups in total. The molecule has 262 valence electrons. The van der Waals surface area contributed by atoms with E-state index in [-0.39, 0.29) is 0 Å². The van der Waals surface area contributed by atoms with Gasteiger partial charge in [0.1, 0.15) is 4.62 Å². The van der Waals surface area contributed by atoms with Gasteiger partial charge in [-0.05, 0) is 102 Å². The van der Waals surface area contributed by atoms with Crippen molar-refractivity contribution >= 4 is 72.1 Å². The van der Waals surface area contributed by atoms with E-state index in [1.54, 1.807) is 0 Å². The minimum absolute atomic E-state index is 0.568. The molecule has 0 spiro atoms. The van der Waals surface area contributed by atoms with E-state index in [0.29, 0.717) is 15.3 Å². The lowest BCUT2D eigenvalue weighted by Gasteiger charge is -2.09. The van der Waals surface area contributed by atoms with Gasteiger partial charge in [0.15, 0.2) is 0 Å². The van der Waals surface area contributed by atoms with Crippen LogP contribution in [0.4, 0.5) is 5.69 Å². The number of aryl methyl sites for hydroxylation is 4. The minimum Gasteiger partial charge on any atom is -0.354 e. The van der Waals surface area contributed by atoms with Crippen molar-refractivity contribution in [3.63, 3.8) is 0 Å². The van der Waals surface area contributed by atoms with Crippen molar-refractivity contribution in [3.8, 4) is 44.5 Å². The second-order valence-corrected chi connectivity index (χ2v) is 15.3. The first-order valence-corrected chi connectivity index (χ1v) is 19.2. The highest BCUT2D eigenvalue weighted by molar-refractivity contribution is 9.18. The van der Waals surface area contributed by atoms with Crippen molar-refractivity contribution in [1.29, 1.82) is 0 Å². The van der Waals surface area contributed by atoms with Gasteiger partial charge < -0.3 is 9.97 Å². The Hall–Kier alpha value is -5.75. The monoisotopic (exact) mass is 782 g/mol. The zero-order valence-corrected chi connectivity index (χ0v) is 32.7. The highest BCUT2D eigenvalue weighted by Gasteiger charge is 2.26. The summed E-state index contributed by atoms with van der Waals surface area (Å²) in [4.78, 5) is 18.3. The van der Waals surface area contributed by atoms with Crippen LogP contribution in [0.25, 0.3) is 78.7 Å². The fourth-order valence-corrected chi connectivity index (χ4v) is 8.43. The average Bonchev–Trinajstić information content (AvgIpc) is 3.99. The van der Waals surface area contributed by atoms with E-state index in [1.165, 1.54) is 22.3 Å². The second-order valence-electron chi connectivity index (χ2n) is 14.2. The van der Waals surface area contributed by atoms with Crippen LogP contribution in [-0.2, 0) is 0 Å². The molecule has 4 aromatic carbocycles. The number of aromatic amines is 2. The van der Waals surface area contributed by atoms with Crippen LogP contribution in [0.5, 0.6) is 0 Å². The van der Waals surface area contributed by atoms with Gasteiger partial charge in [-0.2, -0.15) is 0 Å². The number of nitrogens with one attached hydrogen (secondary N) is 2. The number of nitrogens with zero attached hydrogens (tertiary/aromatic N) is 2. The van der Waals surface area contributed by atoms with Gasteiger partial charge in [-0.15, -0.1) is 0 Å². The Balaban J connectivity index is 1.51. The van der Waals surface area contributed by atoms with E-state index in [9.17, 15) is 0 Å². The van der Waals surface area contributed by atoms with Crippen molar-refractivity contribution < 1.29 is 0 Å². The molecule has 6 heteroatoms. The van der Waals surface area contributed by atoms with Crippen LogP contribution in [0.1, 0.15) is 39.2 Å². The standard InChI is InChI=1S/C48H36BrClN4/c1-27-5-13-31(14-6-27)41-35-21-22-36(51-35)42(32-15-7-28(2)8-16-32)38-24-26-40(53-38)44(34-19-11-30(4)12-20-34)47-46(50)45(48(49)54-47)43(39-25-23-37(41)52-39)33-17-9-29(3)10-18-33/h5-26,52-53H,1-4H3. The van der Waals surface area contributed by atoms with Crippen molar-refractivity contribution in [2.24, 2.45) is 4.99 Å². The summed E-state index contributed by atoms with van der Waals surface area (Å²) in [6, 6.07) is 43.0. The summed E-state index contributed by atoms with van der Waals surface area (Å²) in [6.07, 6.45) is 4.27. The van der Waals surface area contributed by atoms with Gasteiger partial charge in [-0.3, -0.25) is 0 Å². The van der Waals surface area contributed by atoms with Crippen molar-refractivity contribution in [1.82, 2.24) is 15.0 Å². The number of hydrogen-bond donors (Lipinski definition) is 2. The van der Waals surface area contributed by atoms with E-state index in [1.807, 2.05) is 0 Å². The van der Waals surface area contributed by atoms with Crippen molar-refractivity contribution in [2.75, 3.05) is 0 Å². The number of rotatable bonds is 4. The van der Waals surface area contributed by atoms with Crippen molar-refractivity contribution in [2.45, 2.75) is 27.7 Å². The van der Waals surface area contributed by atoms with E-state index in [4.69, 9.17) is 21.6 Å². The molecule has 0 amide bonds. The van der Waals surface area contributed by atoms with Crippen LogP contribution in [0.2, 0.25) is 5.02 Å². The molecule has 4 nitrogen and oxygen atoms in total. The summed E-state index contributed by atoms with van der Waals surface area (Å²) in [7, 11) is 0. The molecule has 0 atom stereocenters. The lowest BCUT2D eigenvalue weighted by molar-refractivity contribution is 1.31. The SMILES string of the molecule is Cc1ccc(-c2c3nc(c(-c4ccc(C)cc4)c4ccc([nH]4)c(-c4ccc(C)cc4)c4c(Cl)c(c(-c5ccc(C)cc5)c5ccc2[nH]5)N=C4Br)C=C3)cc1. The minimum atomic E-state index is 0.568. The maximum absolute atomic E-state index is 7.63. The molecule has 0 saturated carbocycles. The zero-order valence-electron chi connectivity index (χ0n) is 30.4. The van der Waals surface area contributed by atoms with Crippen LogP contribution >= 0.6 is 27.5 Å². The predicted octanol–water partition coefficient (Wildman–Crippen LogP) is 14.1. The second kappa shape index (κ2) is 13.6. The van der Waals surface area contributed by atoms with Gasteiger partial charge in [0.2, 0.25) is 0 Å². The molecule has 0 saturated heterocycles. The fourth-order valence-electron chi connectivity index (χ4n) is 7.42. The average molecular weight is 784 g/mol. The molecule has 7 aromatic rings. The van der Waals surface area contributed by atoms with E-state index < -0.39 is 0 Å². The molecular formula is C48H36BrClN4. The Bertz CT molecular complexity index is 2840. The molecule has 2 aliphatic rings. The van der Waals surface area contributed by atoms with Crippen LogP contribution in [0, 0.1) is 27.7 Å². The van der Waals surface area contributed by atoms with E-state index in [2.05, 4.69) is 187 Å². The van der Waals surface area contributed by atoms with Crippen LogP contribution in [-0.4, -0.2) is 19.6 Å². The van der Waals surface area contributed by atoms with Gasteiger partial charge in [0.05, 0.1) is 22.1 Å². The quantitative estimate of drug-likeness (QED) is 0.183. The number of halogens is 2. The first-order valence-electron chi connectivity index (χ1n) is 18.0. The first-order chi connectivity index (χ1) is 26.2. The molecule has 8 bridgehead atoms.